The van der Waals surface area contributed by atoms with Gasteiger partial charge >= 0.3 is 24.0 Å². The Balaban J connectivity index is 4.38. The number of alkyl halides is 3. The topological polar surface area (TPSA) is 102 Å². The summed E-state index contributed by atoms with van der Waals surface area (Å²) in [5.74, 6) is -2.77. The first kappa shape index (κ1) is 48.7. The molecule has 0 aromatic carbocycles. The molecule has 0 saturated carbocycles. The highest BCUT2D eigenvalue weighted by Gasteiger charge is 2.38. The summed E-state index contributed by atoms with van der Waals surface area (Å²) in [6.45, 7) is 4.74. The van der Waals surface area contributed by atoms with Gasteiger partial charge in [-0.25, -0.2) is 0 Å². The Hall–Kier alpha value is -2.33. The van der Waals surface area contributed by atoms with E-state index >= 15 is 0 Å². The molecular formula is C40H73F3N2O6. The van der Waals surface area contributed by atoms with Crippen LogP contribution in [0.15, 0.2) is 0 Å². The lowest BCUT2D eigenvalue weighted by Gasteiger charge is -2.22. The van der Waals surface area contributed by atoms with E-state index in [0.29, 0.717) is 32.1 Å². The number of rotatable bonds is 36. The van der Waals surface area contributed by atoms with E-state index in [1.807, 2.05) is 5.32 Å². The Morgan fingerprint density at radius 3 is 1.20 bits per heavy atom. The first-order valence-electron chi connectivity index (χ1n) is 20.6. The summed E-state index contributed by atoms with van der Waals surface area (Å²) in [5, 5.41) is 1.83. The molecule has 0 atom stereocenters. The van der Waals surface area contributed by atoms with Crippen molar-refractivity contribution in [2.75, 3.05) is 32.8 Å². The van der Waals surface area contributed by atoms with Crippen molar-refractivity contribution in [3.8, 4) is 0 Å². The fourth-order valence-corrected chi connectivity index (χ4v) is 5.95. The van der Waals surface area contributed by atoms with Crippen LogP contribution in [0.1, 0.15) is 194 Å². The number of nitrogens with one attached hydrogen (secondary N) is 1. The largest absolute Gasteiger partial charge is 0.471 e. The van der Waals surface area contributed by atoms with Gasteiger partial charge in [0.15, 0.2) is 0 Å². The van der Waals surface area contributed by atoms with E-state index in [9.17, 15) is 32.3 Å². The molecule has 0 aliphatic heterocycles. The van der Waals surface area contributed by atoms with Crippen molar-refractivity contribution in [2.45, 2.75) is 200 Å². The first-order valence-corrected chi connectivity index (χ1v) is 20.6. The summed E-state index contributed by atoms with van der Waals surface area (Å²) in [4.78, 5) is 50.0. The normalized spacial score (nSPS) is 11.4. The van der Waals surface area contributed by atoms with Gasteiger partial charge in [0.05, 0.1) is 13.1 Å². The van der Waals surface area contributed by atoms with Gasteiger partial charge in [-0.05, 0) is 25.7 Å². The predicted molar refractivity (Wildman–Crippen MR) is 198 cm³/mol. The smallest absolute Gasteiger partial charge is 0.464 e. The lowest BCUT2D eigenvalue weighted by molar-refractivity contribution is -0.173. The molecule has 2 amide bonds. The van der Waals surface area contributed by atoms with Crippen molar-refractivity contribution in [1.29, 1.82) is 0 Å². The van der Waals surface area contributed by atoms with Gasteiger partial charge in [-0.15, -0.1) is 0 Å². The minimum atomic E-state index is -4.91. The zero-order chi connectivity index (χ0) is 37.8. The van der Waals surface area contributed by atoms with Crippen LogP contribution in [0, 0.1) is 0 Å². The molecule has 0 aromatic rings. The first-order chi connectivity index (χ1) is 24.6. The molecule has 0 unspecified atom stereocenters. The summed E-state index contributed by atoms with van der Waals surface area (Å²) in [6, 6.07) is 0. The molecule has 0 rings (SSSR count). The van der Waals surface area contributed by atoms with Crippen LogP contribution in [-0.4, -0.2) is 67.7 Å². The van der Waals surface area contributed by atoms with Gasteiger partial charge in [0.2, 0.25) is 5.91 Å². The predicted octanol–water partition coefficient (Wildman–Crippen LogP) is 10.5. The Morgan fingerprint density at radius 1 is 0.490 bits per heavy atom. The number of hydrogen-bond acceptors (Lipinski definition) is 6. The van der Waals surface area contributed by atoms with Crippen molar-refractivity contribution in [3.63, 3.8) is 0 Å². The molecule has 0 bridgehead atoms. The molecule has 0 aliphatic rings. The SMILES string of the molecule is CCCCCCCCCCCCCC(=O)OCCN(CCOC(=O)CCCCCCCCCCCCC)C(=O)CCCCCNC(=O)C(F)(F)F. The number of halogens is 3. The third kappa shape index (κ3) is 33.3. The van der Waals surface area contributed by atoms with Gasteiger partial charge in [0.25, 0.3) is 0 Å². The molecule has 0 heterocycles. The van der Waals surface area contributed by atoms with E-state index in [-0.39, 0.29) is 57.1 Å². The highest BCUT2D eigenvalue weighted by atomic mass is 19.4. The Morgan fingerprint density at radius 2 is 0.824 bits per heavy atom. The summed E-state index contributed by atoms with van der Waals surface area (Å²) < 4.78 is 47.8. The third-order valence-electron chi connectivity index (χ3n) is 9.18. The average molecular weight is 735 g/mol. The molecule has 0 radical (unpaired) electrons. The fourth-order valence-electron chi connectivity index (χ4n) is 5.95. The van der Waals surface area contributed by atoms with Crippen molar-refractivity contribution in [3.05, 3.63) is 0 Å². The van der Waals surface area contributed by atoms with E-state index in [2.05, 4.69) is 13.8 Å². The number of unbranched alkanes of at least 4 members (excludes halogenated alkanes) is 22. The molecule has 51 heavy (non-hydrogen) atoms. The summed E-state index contributed by atoms with van der Waals surface area (Å²) in [7, 11) is 0. The van der Waals surface area contributed by atoms with Crippen molar-refractivity contribution in [2.24, 2.45) is 0 Å². The molecule has 0 aliphatic carbocycles. The van der Waals surface area contributed by atoms with E-state index in [0.717, 1.165) is 38.5 Å². The van der Waals surface area contributed by atoms with Gasteiger partial charge in [-0.2, -0.15) is 13.2 Å². The second kappa shape index (κ2) is 34.7. The van der Waals surface area contributed by atoms with Gasteiger partial charge in [-0.3, -0.25) is 19.2 Å². The number of ether oxygens (including phenoxy) is 2. The Kier molecular flexibility index (Phi) is 33.2. The molecule has 0 spiro atoms. The monoisotopic (exact) mass is 735 g/mol. The number of nitrogens with zero attached hydrogens (tertiary/aromatic N) is 1. The van der Waals surface area contributed by atoms with Crippen LogP contribution in [0.5, 0.6) is 0 Å². The lowest BCUT2D eigenvalue weighted by atomic mass is 10.1. The van der Waals surface area contributed by atoms with Crippen molar-refractivity contribution in [1.82, 2.24) is 10.2 Å². The van der Waals surface area contributed by atoms with Crippen LogP contribution < -0.4 is 5.32 Å². The van der Waals surface area contributed by atoms with Gasteiger partial charge < -0.3 is 19.7 Å². The Bertz CT molecular complexity index is 828. The fraction of sp³-hybridized carbons (Fsp3) is 0.900. The highest BCUT2D eigenvalue weighted by molar-refractivity contribution is 5.81. The molecule has 0 saturated heterocycles. The van der Waals surface area contributed by atoms with Crippen LogP contribution in [0.4, 0.5) is 13.2 Å². The van der Waals surface area contributed by atoms with Crippen LogP contribution >= 0.6 is 0 Å². The molecule has 8 nitrogen and oxygen atoms in total. The molecule has 1 N–H and O–H groups in total. The van der Waals surface area contributed by atoms with E-state index in [1.165, 1.54) is 108 Å². The Labute approximate surface area is 308 Å². The molecule has 0 fully saturated rings. The zero-order valence-corrected chi connectivity index (χ0v) is 32.4. The average Bonchev–Trinajstić information content (AvgIpc) is 3.09. The van der Waals surface area contributed by atoms with Gasteiger partial charge in [0, 0.05) is 25.8 Å². The minimum absolute atomic E-state index is 0.0404. The number of hydrogen-bond donors (Lipinski definition) is 1. The summed E-state index contributed by atoms with van der Waals surface area (Å²) in [5.41, 5.74) is 0. The zero-order valence-electron chi connectivity index (χ0n) is 32.4. The maximum absolute atomic E-state index is 13.0. The molecule has 300 valence electrons. The molecule has 0 aromatic heterocycles. The van der Waals surface area contributed by atoms with E-state index in [1.54, 1.807) is 0 Å². The van der Waals surface area contributed by atoms with Gasteiger partial charge in [0.1, 0.15) is 13.2 Å². The maximum Gasteiger partial charge on any atom is 0.471 e. The van der Waals surface area contributed by atoms with Crippen molar-refractivity contribution < 1.29 is 41.8 Å². The second-order valence-electron chi connectivity index (χ2n) is 14.0. The van der Waals surface area contributed by atoms with Crippen LogP contribution in [0.25, 0.3) is 0 Å². The third-order valence-corrected chi connectivity index (χ3v) is 9.18. The standard InChI is InChI=1S/C40H73F3N2O6/c1-3-5-7-9-11-13-15-17-19-21-25-29-37(47)50-34-32-45(36(46)28-24-23-27-31-44-39(49)40(41,42)43)33-35-51-38(48)30-26-22-20-18-16-14-12-10-8-6-4-2/h3-35H2,1-2H3,(H,44,49). The summed E-state index contributed by atoms with van der Waals surface area (Å²) >= 11 is 0. The quantitative estimate of drug-likeness (QED) is 0.0508. The molecular weight excluding hydrogens is 661 g/mol. The number of carbonyl (C=O) groups is 4. The number of esters is 2. The lowest BCUT2D eigenvalue weighted by Crippen LogP contribution is -2.37. The van der Waals surface area contributed by atoms with E-state index < -0.39 is 12.1 Å². The van der Waals surface area contributed by atoms with Crippen LogP contribution in [0.3, 0.4) is 0 Å². The van der Waals surface area contributed by atoms with Crippen LogP contribution in [0.2, 0.25) is 0 Å². The number of amides is 2. The summed E-state index contributed by atoms with van der Waals surface area (Å²) in [6.07, 6.45) is 23.3. The minimum Gasteiger partial charge on any atom is -0.464 e. The van der Waals surface area contributed by atoms with E-state index in [4.69, 9.17) is 9.47 Å². The van der Waals surface area contributed by atoms with Crippen molar-refractivity contribution >= 4 is 23.8 Å². The second-order valence-corrected chi connectivity index (χ2v) is 14.0. The highest BCUT2D eigenvalue weighted by Crippen LogP contribution is 2.15. The van der Waals surface area contributed by atoms with Gasteiger partial charge in [-0.1, -0.05) is 149 Å². The number of carbonyl (C=O) groups excluding carboxylic acids is 4. The van der Waals surface area contributed by atoms with Crippen LogP contribution in [-0.2, 0) is 28.7 Å². The molecule has 11 heteroatoms. The maximum atomic E-state index is 13.0.